The molecule has 0 bridgehead atoms. The van der Waals surface area contributed by atoms with Gasteiger partial charge >= 0.3 is 0 Å². The first-order chi connectivity index (χ1) is 14.8. The fraction of sp³-hybridized carbons (Fsp3) is 0. The van der Waals surface area contributed by atoms with E-state index in [1.807, 2.05) is 72.8 Å². The van der Waals surface area contributed by atoms with Crippen molar-refractivity contribution in [2.75, 3.05) is 0 Å². The van der Waals surface area contributed by atoms with Gasteiger partial charge in [0, 0.05) is 11.1 Å². The Bertz CT molecular complexity index is 1290. The highest BCUT2D eigenvalue weighted by atomic mass is 16.1. The molecule has 0 radical (unpaired) electrons. The fourth-order valence-corrected chi connectivity index (χ4v) is 4.24. The lowest BCUT2D eigenvalue weighted by Gasteiger charge is -2.18. The Hall–Kier alpha value is -4.04. The highest BCUT2D eigenvalue weighted by molar-refractivity contribution is 6.22. The number of hydrogen-bond acceptors (Lipinski definition) is 2. The van der Waals surface area contributed by atoms with Crippen molar-refractivity contribution in [3.8, 4) is 22.3 Å². The van der Waals surface area contributed by atoms with E-state index >= 15 is 0 Å². The van der Waals surface area contributed by atoms with E-state index in [0.717, 1.165) is 56.4 Å². The predicted molar refractivity (Wildman–Crippen MR) is 123 cm³/mol. The molecule has 0 saturated carbocycles. The number of rotatable bonds is 4. The van der Waals surface area contributed by atoms with E-state index in [-0.39, 0.29) is 0 Å². The van der Waals surface area contributed by atoms with Crippen LogP contribution in [0, 0.1) is 0 Å². The molecule has 0 aliphatic rings. The topological polar surface area (TPSA) is 34.1 Å². The lowest BCUT2D eigenvalue weighted by Crippen LogP contribution is -1.93. The van der Waals surface area contributed by atoms with Gasteiger partial charge in [-0.2, -0.15) is 0 Å². The summed E-state index contributed by atoms with van der Waals surface area (Å²) in [4.78, 5) is 23.1. The summed E-state index contributed by atoms with van der Waals surface area (Å²) in [6, 6.07) is 32.0. The van der Waals surface area contributed by atoms with Gasteiger partial charge in [0.1, 0.15) is 12.6 Å². The minimum atomic E-state index is 0.641. The number of carbonyl (C=O) groups is 2. The van der Waals surface area contributed by atoms with Crippen LogP contribution in [0.2, 0.25) is 0 Å². The molecule has 30 heavy (non-hydrogen) atoms. The lowest BCUT2D eigenvalue weighted by atomic mass is 9.85. The third-order valence-electron chi connectivity index (χ3n) is 5.56. The monoisotopic (exact) mass is 386 g/mol. The summed E-state index contributed by atoms with van der Waals surface area (Å²) in [6.07, 6.45) is 1.77. The van der Waals surface area contributed by atoms with Gasteiger partial charge in [0.2, 0.25) is 0 Å². The average Bonchev–Trinajstić information content (AvgIpc) is 2.82. The van der Waals surface area contributed by atoms with E-state index in [0.29, 0.717) is 11.1 Å². The van der Waals surface area contributed by atoms with Gasteiger partial charge in [-0.1, -0.05) is 84.9 Å². The second-order valence-corrected chi connectivity index (χ2v) is 7.33. The Morgan fingerprint density at radius 1 is 0.433 bits per heavy atom. The van der Waals surface area contributed by atoms with E-state index in [2.05, 4.69) is 24.3 Å². The zero-order valence-corrected chi connectivity index (χ0v) is 16.2. The normalized spacial score (nSPS) is 10.9. The lowest BCUT2D eigenvalue weighted by molar-refractivity contribution is 0.111. The summed E-state index contributed by atoms with van der Waals surface area (Å²) in [5.41, 5.74) is 5.58. The molecule has 5 aromatic carbocycles. The molecule has 0 aliphatic carbocycles. The largest absolute Gasteiger partial charge is 0.298 e. The molecule has 5 rings (SSSR count). The minimum absolute atomic E-state index is 0.641. The van der Waals surface area contributed by atoms with Gasteiger partial charge in [-0.3, -0.25) is 9.59 Å². The number of benzene rings is 5. The molecule has 0 unspecified atom stereocenters. The van der Waals surface area contributed by atoms with Crippen LogP contribution in [-0.2, 0) is 0 Å². The van der Waals surface area contributed by atoms with Crippen molar-refractivity contribution < 1.29 is 9.59 Å². The molecule has 0 saturated heterocycles. The van der Waals surface area contributed by atoms with Gasteiger partial charge in [0.15, 0.2) is 0 Å². The molecule has 0 amide bonds. The van der Waals surface area contributed by atoms with Crippen molar-refractivity contribution in [2.45, 2.75) is 0 Å². The number of carbonyl (C=O) groups excluding carboxylic acids is 2. The highest BCUT2D eigenvalue weighted by Gasteiger charge is 2.17. The van der Waals surface area contributed by atoms with E-state index in [9.17, 15) is 9.59 Å². The van der Waals surface area contributed by atoms with Gasteiger partial charge in [-0.25, -0.2) is 0 Å². The molecule has 5 aromatic rings. The van der Waals surface area contributed by atoms with Gasteiger partial charge in [0.05, 0.1) is 0 Å². The first-order valence-electron chi connectivity index (χ1n) is 9.85. The summed E-state index contributed by atoms with van der Waals surface area (Å²) in [5.74, 6) is 0. The summed E-state index contributed by atoms with van der Waals surface area (Å²) in [7, 11) is 0. The highest BCUT2D eigenvalue weighted by Crippen LogP contribution is 2.43. The zero-order chi connectivity index (χ0) is 20.5. The molecule has 0 aliphatic heterocycles. The van der Waals surface area contributed by atoms with Crippen LogP contribution in [0.3, 0.4) is 0 Å². The molecule has 2 nitrogen and oxygen atoms in total. The van der Waals surface area contributed by atoms with Crippen molar-refractivity contribution in [3.63, 3.8) is 0 Å². The van der Waals surface area contributed by atoms with E-state index in [4.69, 9.17) is 0 Å². The van der Waals surface area contributed by atoms with E-state index in [1.54, 1.807) is 0 Å². The molecular formula is C28H18O2. The summed E-state index contributed by atoms with van der Waals surface area (Å²) >= 11 is 0. The Morgan fingerprint density at radius 2 is 0.833 bits per heavy atom. The van der Waals surface area contributed by atoms with Gasteiger partial charge < -0.3 is 0 Å². The van der Waals surface area contributed by atoms with Crippen LogP contribution in [0.15, 0.2) is 97.1 Å². The van der Waals surface area contributed by atoms with Gasteiger partial charge in [0.25, 0.3) is 0 Å². The zero-order valence-electron chi connectivity index (χ0n) is 16.2. The van der Waals surface area contributed by atoms with Crippen LogP contribution < -0.4 is 0 Å². The molecular weight excluding hydrogens is 368 g/mol. The molecule has 0 aromatic heterocycles. The third-order valence-corrected chi connectivity index (χ3v) is 5.56. The predicted octanol–water partition coefficient (Wildman–Crippen LogP) is 6.95. The number of fused-ring (bicyclic) bond motifs is 2. The average molecular weight is 386 g/mol. The molecule has 2 heteroatoms. The molecule has 0 N–H and O–H groups in total. The molecule has 142 valence electrons. The van der Waals surface area contributed by atoms with Crippen molar-refractivity contribution in [2.24, 2.45) is 0 Å². The van der Waals surface area contributed by atoms with Crippen LogP contribution in [0.4, 0.5) is 0 Å². The van der Waals surface area contributed by atoms with Crippen molar-refractivity contribution >= 4 is 34.1 Å². The smallest absolute Gasteiger partial charge is 0.150 e. The summed E-state index contributed by atoms with van der Waals surface area (Å²) in [6.45, 7) is 0. The van der Waals surface area contributed by atoms with Crippen molar-refractivity contribution in [1.29, 1.82) is 0 Å². The number of hydrogen-bond donors (Lipinski definition) is 0. The van der Waals surface area contributed by atoms with Gasteiger partial charge in [-0.15, -0.1) is 0 Å². The quantitative estimate of drug-likeness (QED) is 0.247. The molecule has 0 atom stereocenters. The van der Waals surface area contributed by atoms with Crippen LogP contribution in [-0.4, -0.2) is 12.6 Å². The second kappa shape index (κ2) is 7.41. The first-order valence-corrected chi connectivity index (χ1v) is 9.85. The summed E-state index contributed by atoms with van der Waals surface area (Å²) in [5, 5.41) is 4.16. The Kier molecular flexibility index (Phi) is 4.45. The standard InChI is InChI=1S/C28H18O2/c29-17-19-12-14-24-25(15-19)27(21-7-3-1-4-8-21)23-13-11-20(18-30)16-26(23)28(24)22-9-5-2-6-10-22/h1-18H. The van der Waals surface area contributed by atoms with Crippen molar-refractivity contribution in [3.05, 3.63) is 108 Å². The van der Waals surface area contributed by atoms with Crippen LogP contribution in [0.5, 0.6) is 0 Å². The van der Waals surface area contributed by atoms with Crippen LogP contribution in [0.25, 0.3) is 43.8 Å². The fourth-order valence-electron chi connectivity index (χ4n) is 4.24. The summed E-state index contributed by atoms with van der Waals surface area (Å²) < 4.78 is 0. The molecule has 0 spiro atoms. The maximum absolute atomic E-state index is 11.6. The maximum atomic E-state index is 11.6. The van der Waals surface area contributed by atoms with E-state index in [1.165, 1.54) is 0 Å². The Labute approximate surface area is 174 Å². The number of aldehydes is 2. The van der Waals surface area contributed by atoms with Gasteiger partial charge in [-0.05, 0) is 55.9 Å². The third kappa shape index (κ3) is 2.90. The Morgan fingerprint density at radius 3 is 1.20 bits per heavy atom. The maximum Gasteiger partial charge on any atom is 0.150 e. The Balaban J connectivity index is 2.05. The van der Waals surface area contributed by atoms with Crippen LogP contribution >= 0.6 is 0 Å². The SMILES string of the molecule is O=Cc1ccc2c(-c3ccccc3)c3cc(C=O)ccc3c(-c3ccccc3)c2c1. The second-order valence-electron chi connectivity index (χ2n) is 7.33. The minimum Gasteiger partial charge on any atom is -0.298 e. The van der Waals surface area contributed by atoms with Crippen LogP contribution in [0.1, 0.15) is 20.7 Å². The molecule has 0 fully saturated rings. The molecule has 0 heterocycles. The van der Waals surface area contributed by atoms with Crippen molar-refractivity contribution in [1.82, 2.24) is 0 Å². The first kappa shape index (κ1) is 18.0. The van der Waals surface area contributed by atoms with E-state index < -0.39 is 0 Å².